The van der Waals surface area contributed by atoms with Gasteiger partial charge in [-0.25, -0.2) is 0 Å². The third kappa shape index (κ3) is 5.66. The molecule has 2 nitrogen and oxygen atoms in total. The number of anilines is 6. The van der Waals surface area contributed by atoms with E-state index in [-0.39, 0.29) is 0 Å². The van der Waals surface area contributed by atoms with E-state index in [9.17, 15) is 0 Å². The zero-order chi connectivity index (χ0) is 38.4. The number of para-hydroxylation sites is 4. The maximum absolute atomic E-state index is 2.34. The van der Waals surface area contributed by atoms with E-state index in [2.05, 4.69) is 240 Å². The second-order valence-electron chi connectivity index (χ2n) is 14.9. The predicted molar refractivity (Wildman–Crippen MR) is 248 cm³/mol. The van der Waals surface area contributed by atoms with Gasteiger partial charge in [-0.3, -0.25) is 0 Å². The molecule has 11 rings (SSSR count). The van der Waals surface area contributed by atoms with Gasteiger partial charge in [0.15, 0.2) is 0 Å². The first-order valence-electron chi connectivity index (χ1n) is 19.9. The molecule has 0 radical (unpaired) electrons. The van der Waals surface area contributed by atoms with E-state index < -0.39 is 0 Å². The molecule has 11 aromatic carbocycles. The van der Waals surface area contributed by atoms with Gasteiger partial charge in [0.2, 0.25) is 0 Å². The summed E-state index contributed by atoms with van der Waals surface area (Å²) >= 11 is 0. The van der Waals surface area contributed by atoms with Gasteiger partial charge in [0.25, 0.3) is 0 Å². The number of rotatable bonds is 8. The zero-order valence-corrected chi connectivity index (χ0v) is 31.8. The molecule has 0 amide bonds. The van der Waals surface area contributed by atoms with Crippen molar-refractivity contribution >= 4 is 77.2 Å². The first-order valence-corrected chi connectivity index (χ1v) is 19.9. The second kappa shape index (κ2) is 14.1. The van der Waals surface area contributed by atoms with Crippen LogP contribution in [-0.2, 0) is 0 Å². The monoisotopic (exact) mass is 738 g/mol. The molecule has 0 saturated heterocycles. The van der Waals surface area contributed by atoms with Crippen molar-refractivity contribution in [1.29, 1.82) is 0 Å². The maximum atomic E-state index is 2.34. The Labute approximate surface area is 338 Å². The van der Waals surface area contributed by atoms with Crippen LogP contribution in [0, 0.1) is 0 Å². The highest BCUT2D eigenvalue weighted by Crippen LogP contribution is 2.46. The molecule has 0 atom stereocenters. The van der Waals surface area contributed by atoms with E-state index in [1.54, 1.807) is 0 Å². The molecule has 0 aliphatic rings. The number of nitrogens with zero attached hydrogens (tertiary/aromatic N) is 2. The summed E-state index contributed by atoms with van der Waals surface area (Å²) < 4.78 is 0. The highest BCUT2D eigenvalue weighted by molar-refractivity contribution is 6.35. The van der Waals surface area contributed by atoms with Crippen LogP contribution >= 0.6 is 0 Å². The van der Waals surface area contributed by atoms with Crippen molar-refractivity contribution in [2.24, 2.45) is 0 Å². The fourth-order valence-corrected chi connectivity index (χ4v) is 9.00. The van der Waals surface area contributed by atoms with Crippen molar-refractivity contribution in [3.63, 3.8) is 0 Å². The van der Waals surface area contributed by atoms with Crippen molar-refractivity contribution in [2.45, 2.75) is 0 Å². The summed E-state index contributed by atoms with van der Waals surface area (Å²) in [7, 11) is 0. The summed E-state index contributed by atoms with van der Waals surface area (Å²) in [6.07, 6.45) is 0. The minimum absolute atomic E-state index is 1.12. The van der Waals surface area contributed by atoms with Gasteiger partial charge in [0, 0.05) is 34.1 Å². The summed E-state index contributed by atoms with van der Waals surface area (Å²) in [5, 5.41) is 10.3. The summed E-state index contributed by atoms with van der Waals surface area (Å²) in [4.78, 5) is 4.62. The van der Waals surface area contributed by atoms with Crippen molar-refractivity contribution in [3.8, 4) is 22.3 Å². The quantitative estimate of drug-likeness (QED) is 0.113. The normalized spacial score (nSPS) is 11.4. The maximum Gasteiger partial charge on any atom is 0.0462 e. The lowest BCUT2D eigenvalue weighted by Crippen LogP contribution is -2.09. The molecule has 2 heteroatoms. The molecule has 0 fully saturated rings. The first-order chi connectivity index (χ1) is 28.8. The molecule has 0 unspecified atom stereocenters. The van der Waals surface area contributed by atoms with E-state index in [0.29, 0.717) is 0 Å². The number of fused-ring (bicyclic) bond motifs is 2. The van der Waals surface area contributed by atoms with Crippen LogP contribution in [0.5, 0.6) is 0 Å². The van der Waals surface area contributed by atoms with E-state index in [4.69, 9.17) is 0 Å². The van der Waals surface area contributed by atoms with Gasteiger partial charge in [0.1, 0.15) is 0 Å². The van der Waals surface area contributed by atoms with Crippen molar-refractivity contribution in [1.82, 2.24) is 0 Å². The number of hydrogen-bond donors (Lipinski definition) is 0. The number of hydrogen-bond acceptors (Lipinski definition) is 2. The Balaban J connectivity index is 1.00. The number of benzene rings is 11. The van der Waals surface area contributed by atoms with Crippen molar-refractivity contribution in [3.05, 3.63) is 231 Å². The summed E-state index contributed by atoms with van der Waals surface area (Å²) in [5.41, 5.74) is 11.7. The Bertz CT molecular complexity index is 2860. The van der Waals surface area contributed by atoms with E-state index in [1.807, 2.05) is 0 Å². The Morgan fingerprint density at radius 1 is 0.190 bits per heavy atom. The largest absolute Gasteiger partial charge is 0.311 e. The standard InChI is InChI=1S/C56H38N2/c1-5-15-41(16-6-1)57(42-17-7-2-8-18-42)45-31-27-39(28-32-45)47-35-37-53-54-38-36-48(50-24-14-26-52(56(50)54)51-25-13-23-49(47)55(51)53)40-29-33-46(34-30-40)58(43-19-9-3-10-20-43)44-21-11-4-12-22-44/h1-38H. The van der Waals surface area contributed by atoms with Crippen LogP contribution in [0.2, 0.25) is 0 Å². The molecule has 0 spiro atoms. The Kier molecular flexibility index (Phi) is 8.19. The molecule has 0 saturated carbocycles. The van der Waals surface area contributed by atoms with Crippen LogP contribution in [-0.4, -0.2) is 0 Å². The van der Waals surface area contributed by atoms with Gasteiger partial charge in [-0.1, -0.05) is 158 Å². The summed E-state index contributed by atoms with van der Waals surface area (Å²) in [6, 6.07) is 83.4. The SMILES string of the molecule is c1ccc(N(c2ccccc2)c2ccc(-c3ccc4c5ccc(-c6ccc(N(c7ccccc7)c7ccccc7)cc6)c6cccc(c7cccc3c74)c65)cc2)cc1. The molecular formula is C56H38N2. The molecule has 58 heavy (non-hydrogen) atoms. The van der Waals surface area contributed by atoms with Gasteiger partial charge in [-0.2, -0.15) is 0 Å². The van der Waals surface area contributed by atoms with Gasteiger partial charge in [-0.05, 0) is 138 Å². The molecular weight excluding hydrogens is 701 g/mol. The van der Waals surface area contributed by atoms with E-state index >= 15 is 0 Å². The molecule has 0 aliphatic heterocycles. The van der Waals surface area contributed by atoms with Crippen LogP contribution in [0.15, 0.2) is 231 Å². The third-order valence-electron chi connectivity index (χ3n) is 11.6. The lowest BCUT2D eigenvalue weighted by Gasteiger charge is -2.25. The van der Waals surface area contributed by atoms with Gasteiger partial charge < -0.3 is 9.80 Å². The van der Waals surface area contributed by atoms with Gasteiger partial charge >= 0.3 is 0 Å². The van der Waals surface area contributed by atoms with Crippen LogP contribution in [0.25, 0.3) is 65.3 Å². The van der Waals surface area contributed by atoms with Crippen LogP contribution < -0.4 is 9.80 Å². The summed E-state index contributed by atoms with van der Waals surface area (Å²) in [5.74, 6) is 0. The Morgan fingerprint density at radius 3 is 0.793 bits per heavy atom. The van der Waals surface area contributed by atoms with E-state index in [0.717, 1.165) is 34.1 Å². The fourth-order valence-electron chi connectivity index (χ4n) is 9.00. The van der Waals surface area contributed by atoms with Crippen LogP contribution in [0.1, 0.15) is 0 Å². The average Bonchev–Trinajstić information content (AvgIpc) is 3.30. The Morgan fingerprint density at radius 2 is 0.466 bits per heavy atom. The lowest BCUT2D eigenvalue weighted by molar-refractivity contribution is 1.28. The molecule has 0 aromatic heterocycles. The predicted octanol–water partition coefficient (Wildman–Crippen LogP) is 16.0. The van der Waals surface area contributed by atoms with Crippen LogP contribution in [0.3, 0.4) is 0 Å². The average molecular weight is 739 g/mol. The van der Waals surface area contributed by atoms with Gasteiger partial charge in [0.05, 0.1) is 0 Å². The Hall–Kier alpha value is -7.68. The van der Waals surface area contributed by atoms with Gasteiger partial charge in [-0.15, -0.1) is 0 Å². The summed E-state index contributed by atoms with van der Waals surface area (Å²) in [6.45, 7) is 0. The first kappa shape index (κ1) is 33.6. The highest BCUT2D eigenvalue weighted by Gasteiger charge is 2.19. The molecule has 272 valence electrons. The molecule has 11 aromatic rings. The third-order valence-corrected chi connectivity index (χ3v) is 11.6. The molecule has 0 bridgehead atoms. The molecule has 0 aliphatic carbocycles. The zero-order valence-electron chi connectivity index (χ0n) is 31.8. The van der Waals surface area contributed by atoms with Crippen molar-refractivity contribution < 1.29 is 0 Å². The highest BCUT2D eigenvalue weighted by atomic mass is 15.1. The van der Waals surface area contributed by atoms with E-state index in [1.165, 1.54) is 65.3 Å². The second-order valence-corrected chi connectivity index (χ2v) is 14.9. The van der Waals surface area contributed by atoms with Crippen molar-refractivity contribution in [2.75, 3.05) is 9.80 Å². The minimum Gasteiger partial charge on any atom is -0.311 e. The molecule has 0 heterocycles. The smallest absolute Gasteiger partial charge is 0.0462 e. The fraction of sp³-hybridized carbons (Fsp3) is 0. The minimum atomic E-state index is 1.12. The lowest BCUT2D eigenvalue weighted by atomic mass is 9.85. The van der Waals surface area contributed by atoms with Crippen LogP contribution in [0.4, 0.5) is 34.1 Å². The topological polar surface area (TPSA) is 6.48 Å². The molecule has 0 N–H and O–H groups in total.